The van der Waals surface area contributed by atoms with Gasteiger partial charge in [0.25, 0.3) is 0 Å². The van der Waals surface area contributed by atoms with Crippen molar-refractivity contribution in [3.63, 3.8) is 0 Å². The van der Waals surface area contributed by atoms with Crippen LogP contribution in [0.2, 0.25) is 0 Å². The number of nitrogens with zero attached hydrogens (tertiary/aromatic N) is 1. The molecule has 1 aromatic rings. The maximum Gasteiger partial charge on any atom is 0.247 e. The van der Waals surface area contributed by atoms with Gasteiger partial charge in [0, 0.05) is 31.5 Å². The van der Waals surface area contributed by atoms with Gasteiger partial charge in [0.1, 0.15) is 18.0 Å². The summed E-state index contributed by atoms with van der Waals surface area (Å²) in [5, 5.41) is 23.8. The average molecular weight is 651 g/mol. The van der Waals surface area contributed by atoms with Crippen molar-refractivity contribution in [3.05, 3.63) is 39.5 Å². The van der Waals surface area contributed by atoms with E-state index in [1.165, 1.54) is 38.5 Å². The van der Waals surface area contributed by atoms with E-state index in [-0.39, 0.29) is 31.4 Å². The van der Waals surface area contributed by atoms with Crippen LogP contribution in [0.3, 0.4) is 0 Å². The predicted molar refractivity (Wildman–Crippen MR) is 158 cm³/mol. The Morgan fingerprint density at radius 2 is 1.87 bits per heavy atom. The number of hydrogen-bond acceptors (Lipinski definition) is 5. The summed E-state index contributed by atoms with van der Waals surface area (Å²) in [6.45, 7) is 0.631. The Bertz CT molecular complexity index is 1040. The molecule has 39 heavy (non-hydrogen) atoms. The predicted octanol–water partition coefficient (Wildman–Crippen LogP) is 4.44. The molecular formula is C31H43IN2O5. The first-order chi connectivity index (χ1) is 18.9. The lowest BCUT2D eigenvalue weighted by molar-refractivity contribution is -0.141. The van der Waals surface area contributed by atoms with Gasteiger partial charge in [-0.3, -0.25) is 9.59 Å². The highest BCUT2D eigenvalue weighted by Gasteiger charge is 2.44. The zero-order valence-corrected chi connectivity index (χ0v) is 24.9. The summed E-state index contributed by atoms with van der Waals surface area (Å²) >= 11 is 2.20. The number of nitrogens with one attached hydrogen (secondary N) is 1. The van der Waals surface area contributed by atoms with Gasteiger partial charge in [-0.15, -0.1) is 0 Å². The third-order valence-electron chi connectivity index (χ3n) is 9.54. The number of halogens is 1. The second-order valence-electron chi connectivity index (χ2n) is 12.1. The number of para-hydroxylation sites is 1. The fourth-order valence-corrected chi connectivity index (χ4v) is 8.02. The van der Waals surface area contributed by atoms with Crippen molar-refractivity contribution in [3.8, 4) is 5.75 Å². The van der Waals surface area contributed by atoms with E-state index in [4.69, 9.17) is 4.74 Å². The molecule has 2 bridgehead atoms. The molecule has 3 saturated carbocycles. The molecule has 3 fully saturated rings. The maximum absolute atomic E-state index is 14.1. The highest BCUT2D eigenvalue weighted by molar-refractivity contribution is 14.1. The molecule has 0 aliphatic heterocycles. The normalized spacial score (nSPS) is 30.6. The lowest BCUT2D eigenvalue weighted by Gasteiger charge is -2.43. The molecule has 0 heterocycles. The van der Waals surface area contributed by atoms with E-state index < -0.39 is 18.2 Å². The zero-order chi connectivity index (χ0) is 27.4. The second-order valence-corrected chi connectivity index (χ2v) is 13.3. The van der Waals surface area contributed by atoms with Crippen molar-refractivity contribution in [2.24, 2.45) is 23.7 Å². The van der Waals surface area contributed by atoms with Crippen LogP contribution in [0.5, 0.6) is 5.75 Å². The molecule has 0 spiro atoms. The molecule has 8 heteroatoms. The summed E-state index contributed by atoms with van der Waals surface area (Å²) in [5.74, 6) is 2.76. The first-order valence-corrected chi connectivity index (χ1v) is 16.0. The molecule has 3 unspecified atom stereocenters. The molecule has 3 N–H and O–H groups in total. The third kappa shape index (κ3) is 6.99. The number of aliphatic hydroxyl groups is 2. The Kier molecular flexibility index (Phi) is 9.87. The Labute approximate surface area is 245 Å². The monoisotopic (exact) mass is 650 g/mol. The van der Waals surface area contributed by atoms with Gasteiger partial charge in [-0.25, -0.2) is 0 Å². The summed E-state index contributed by atoms with van der Waals surface area (Å²) in [5.41, 5.74) is 0.496. The van der Waals surface area contributed by atoms with Crippen molar-refractivity contribution in [2.75, 3.05) is 19.7 Å². The summed E-state index contributed by atoms with van der Waals surface area (Å²) in [6.07, 6.45) is 11.5. The van der Waals surface area contributed by atoms with Gasteiger partial charge in [-0.05, 0) is 96.6 Å². The van der Waals surface area contributed by atoms with E-state index in [2.05, 4.69) is 27.9 Å². The number of benzene rings is 1. The number of carbonyl (C=O) groups excluding carboxylic acids is 2. The van der Waals surface area contributed by atoms with Gasteiger partial charge in [-0.2, -0.15) is 0 Å². The molecule has 214 valence electrons. The number of hydrogen-bond donors (Lipinski definition) is 3. The van der Waals surface area contributed by atoms with E-state index in [1.54, 1.807) is 6.08 Å². The lowest BCUT2D eigenvalue weighted by atomic mass is 9.83. The van der Waals surface area contributed by atoms with Crippen LogP contribution in [0.15, 0.2) is 35.9 Å². The molecule has 0 saturated heterocycles. The van der Waals surface area contributed by atoms with Crippen LogP contribution in [0.1, 0.15) is 70.6 Å². The SMILES string of the molecule is O=C(NCCO)C1=C[C@H](Oc2ccccc2I)[C@@H](O)[C@H](N(CC2CCCCC2)C(=O)CC2CC3CCC2C3)C1. The quantitative estimate of drug-likeness (QED) is 0.326. The first-order valence-electron chi connectivity index (χ1n) is 14.9. The minimum Gasteiger partial charge on any atom is -0.482 e. The van der Waals surface area contributed by atoms with E-state index >= 15 is 0 Å². The summed E-state index contributed by atoms with van der Waals surface area (Å²) in [4.78, 5) is 29.1. The van der Waals surface area contributed by atoms with Crippen LogP contribution in [0, 0.1) is 27.2 Å². The zero-order valence-electron chi connectivity index (χ0n) is 22.8. The fraction of sp³-hybridized carbons (Fsp3) is 0.677. The van der Waals surface area contributed by atoms with Crippen molar-refractivity contribution < 1.29 is 24.5 Å². The Morgan fingerprint density at radius 1 is 1.08 bits per heavy atom. The first kappa shape index (κ1) is 28.9. The van der Waals surface area contributed by atoms with Gasteiger partial charge in [-0.1, -0.05) is 37.8 Å². The molecule has 7 nitrogen and oxygen atoms in total. The van der Waals surface area contributed by atoms with Gasteiger partial charge < -0.3 is 25.2 Å². The van der Waals surface area contributed by atoms with Gasteiger partial charge >= 0.3 is 0 Å². The summed E-state index contributed by atoms with van der Waals surface area (Å²) in [6, 6.07) is 7.08. The fourth-order valence-electron chi connectivity index (χ4n) is 7.50. The van der Waals surface area contributed by atoms with Crippen LogP contribution in [0.4, 0.5) is 0 Å². The molecule has 2 amide bonds. The van der Waals surface area contributed by atoms with E-state index in [9.17, 15) is 19.8 Å². The van der Waals surface area contributed by atoms with Crippen LogP contribution in [0.25, 0.3) is 0 Å². The van der Waals surface area contributed by atoms with Crippen molar-refractivity contribution in [1.82, 2.24) is 10.2 Å². The van der Waals surface area contributed by atoms with Crippen LogP contribution in [-0.2, 0) is 9.59 Å². The summed E-state index contributed by atoms with van der Waals surface area (Å²) in [7, 11) is 0. The van der Waals surface area contributed by atoms with Crippen molar-refractivity contribution in [2.45, 2.75) is 88.9 Å². The van der Waals surface area contributed by atoms with Gasteiger partial charge in [0.05, 0.1) is 16.2 Å². The Hall–Kier alpha value is -1.65. The number of fused-ring (bicyclic) bond motifs is 2. The molecule has 0 aromatic heterocycles. The number of amides is 2. The topological polar surface area (TPSA) is 99.1 Å². The largest absolute Gasteiger partial charge is 0.482 e. The second kappa shape index (κ2) is 13.3. The van der Waals surface area contributed by atoms with Crippen molar-refractivity contribution in [1.29, 1.82) is 0 Å². The average Bonchev–Trinajstić information content (AvgIpc) is 3.57. The number of aliphatic hydroxyl groups excluding tert-OH is 2. The van der Waals surface area contributed by atoms with E-state index in [0.717, 1.165) is 28.8 Å². The van der Waals surface area contributed by atoms with Crippen LogP contribution < -0.4 is 10.1 Å². The number of ether oxygens (including phenoxy) is 1. The molecule has 6 atom stereocenters. The lowest BCUT2D eigenvalue weighted by Crippen LogP contribution is -2.56. The Balaban J connectivity index is 1.41. The minimum absolute atomic E-state index is 0.118. The standard InChI is InChI=1S/C31H43IN2O5/c32-25-8-4-5-9-27(25)39-28-17-24(31(38)33-12-13-35)16-26(30(28)37)34(19-20-6-2-1-3-7-20)29(36)18-23-15-21-10-11-22(23)14-21/h4-5,8-9,17,20-23,26,28,30,35,37H,1-3,6-7,10-16,18-19H2,(H,33,38)/t21?,22?,23?,26-,28+,30+/m1/s1. The van der Waals surface area contributed by atoms with Gasteiger partial charge in [0.15, 0.2) is 0 Å². The molecule has 1 aromatic carbocycles. The van der Waals surface area contributed by atoms with Crippen molar-refractivity contribution >= 4 is 34.4 Å². The van der Waals surface area contributed by atoms with Crippen LogP contribution >= 0.6 is 22.6 Å². The smallest absolute Gasteiger partial charge is 0.247 e. The molecular weight excluding hydrogens is 607 g/mol. The van der Waals surface area contributed by atoms with Crippen LogP contribution in [-0.4, -0.2) is 64.9 Å². The molecule has 5 rings (SSSR count). The Morgan fingerprint density at radius 3 is 2.56 bits per heavy atom. The molecule has 4 aliphatic carbocycles. The molecule has 0 radical (unpaired) electrons. The maximum atomic E-state index is 14.1. The highest BCUT2D eigenvalue weighted by Crippen LogP contribution is 2.50. The summed E-state index contributed by atoms with van der Waals surface area (Å²) < 4.78 is 7.22. The van der Waals surface area contributed by atoms with E-state index in [0.29, 0.717) is 42.0 Å². The third-order valence-corrected chi connectivity index (χ3v) is 10.4. The highest BCUT2D eigenvalue weighted by atomic mass is 127. The number of carbonyl (C=O) groups is 2. The van der Waals surface area contributed by atoms with Gasteiger partial charge in [0.2, 0.25) is 11.8 Å². The van der Waals surface area contributed by atoms with E-state index in [1.807, 2.05) is 29.2 Å². The molecule has 4 aliphatic rings. The number of rotatable bonds is 10. The minimum atomic E-state index is -0.956.